The highest BCUT2D eigenvalue weighted by Gasteiger charge is 2.37. The number of imide groups is 1. The number of hydrogen-bond donors (Lipinski definition) is 0. The van der Waals surface area contributed by atoms with Crippen LogP contribution in [0.5, 0.6) is 0 Å². The Bertz CT molecular complexity index is 1160. The molecule has 0 spiro atoms. The quantitative estimate of drug-likeness (QED) is 0.318. The normalized spacial score (nSPS) is 12.8. The van der Waals surface area contributed by atoms with Crippen molar-refractivity contribution in [3.63, 3.8) is 0 Å². The van der Waals surface area contributed by atoms with Gasteiger partial charge in [-0.15, -0.1) is 0 Å². The van der Waals surface area contributed by atoms with Gasteiger partial charge in [0.05, 0.1) is 27.4 Å². The van der Waals surface area contributed by atoms with E-state index in [0.29, 0.717) is 21.8 Å². The molecule has 150 valence electrons. The minimum atomic E-state index is -0.447. The van der Waals surface area contributed by atoms with E-state index in [2.05, 4.69) is 22.6 Å². The van der Waals surface area contributed by atoms with E-state index in [-0.39, 0.29) is 17.3 Å². The number of benzene rings is 3. The van der Waals surface area contributed by atoms with Crippen LogP contribution >= 0.6 is 45.8 Å². The summed E-state index contributed by atoms with van der Waals surface area (Å²) >= 11 is 14.3. The molecule has 5 nitrogen and oxygen atoms in total. The molecule has 0 saturated heterocycles. The van der Waals surface area contributed by atoms with Crippen LogP contribution in [0.2, 0.25) is 10.0 Å². The lowest BCUT2D eigenvalue weighted by Crippen LogP contribution is -2.44. The molecule has 0 aliphatic carbocycles. The highest BCUT2D eigenvalue weighted by atomic mass is 127. The van der Waals surface area contributed by atoms with Crippen molar-refractivity contribution in [1.29, 1.82) is 0 Å². The van der Waals surface area contributed by atoms with E-state index in [9.17, 15) is 14.4 Å². The maximum atomic E-state index is 13.4. The lowest BCUT2D eigenvalue weighted by molar-refractivity contribution is 0.0650. The van der Waals surface area contributed by atoms with Crippen LogP contribution in [-0.2, 0) is 0 Å². The largest absolute Gasteiger partial charge is 0.288 e. The van der Waals surface area contributed by atoms with Gasteiger partial charge in [-0.25, -0.2) is 0 Å². The zero-order chi connectivity index (χ0) is 21.4. The summed E-state index contributed by atoms with van der Waals surface area (Å²) in [5.74, 6) is -1.33. The van der Waals surface area contributed by atoms with E-state index in [4.69, 9.17) is 23.2 Å². The molecule has 0 saturated carbocycles. The van der Waals surface area contributed by atoms with Gasteiger partial charge in [0.15, 0.2) is 0 Å². The number of hydrogen-bond acceptors (Lipinski definition) is 3. The fourth-order valence-electron chi connectivity index (χ4n) is 3.24. The van der Waals surface area contributed by atoms with E-state index in [1.807, 2.05) is 12.1 Å². The molecule has 8 heteroatoms. The van der Waals surface area contributed by atoms with Crippen molar-refractivity contribution in [3.05, 3.63) is 97.0 Å². The van der Waals surface area contributed by atoms with E-state index < -0.39 is 17.7 Å². The molecular formula is C22H13Cl2IN2O3. The number of carbonyl (C=O) groups is 3. The second-order valence-corrected chi connectivity index (χ2v) is 8.54. The summed E-state index contributed by atoms with van der Waals surface area (Å²) in [6, 6.07) is 18.4. The van der Waals surface area contributed by atoms with Gasteiger partial charge >= 0.3 is 0 Å². The summed E-state index contributed by atoms with van der Waals surface area (Å²) in [5, 5.41) is 0.587. The third kappa shape index (κ3) is 3.71. The standard InChI is InChI=1S/C22H13Cl2IN2O3/c23-13-9-10-16(17(24)11-13)22(30)26(19-8-4-3-7-18(19)25)12-27-20(28)14-5-1-2-6-15(14)21(27)29/h1-11H,12H2. The van der Waals surface area contributed by atoms with Gasteiger partial charge in [0.2, 0.25) is 0 Å². The number of fused-ring (bicyclic) bond motifs is 1. The van der Waals surface area contributed by atoms with Gasteiger partial charge in [0.1, 0.15) is 6.67 Å². The van der Waals surface area contributed by atoms with E-state index in [1.165, 1.54) is 17.0 Å². The minimum absolute atomic E-state index is 0.186. The SMILES string of the molecule is O=C1c2ccccc2C(=O)N1CN(C(=O)c1ccc(Cl)cc1Cl)c1ccccc1I. The first-order valence-corrected chi connectivity index (χ1v) is 10.7. The number of para-hydroxylation sites is 1. The van der Waals surface area contributed by atoms with Gasteiger partial charge in [-0.05, 0) is 65.1 Å². The van der Waals surface area contributed by atoms with Gasteiger partial charge in [-0.2, -0.15) is 0 Å². The Morgan fingerprint density at radius 3 is 2.10 bits per heavy atom. The number of rotatable bonds is 4. The van der Waals surface area contributed by atoms with Crippen molar-refractivity contribution < 1.29 is 14.4 Å². The zero-order valence-electron chi connectivity index (χ0n) is 15.3. The summed E-state index contributed by atoms with van der Waals surface area (Å²) in [5.41, 5.74) is 1.42. The molecule has 0 unspecified atom stereocenters. The Morgan fingerprint density at radius 2 is 1.50 bits per heavy atom. The smallest absolute Gasteiger partial charge is 0.263 e. The van der Waals surface area contributed by atoms with E-state index in [0.717, 1.165) is 8.47 Å². The van der Waals surface area contributed by atoms with Crippen LogP contribution in [0.1, 0.15) is 31.1 Å². The summed E-state index contributed by atoms with van der Waals surface area (Å²) in [6.07, 6.45) is 0. The fourth-order valence-corrected chi connectivity index (χ4v) is 4.41. The number of anilines is 1. The Kier molecular flexibility index (Phi) is 5.81. The van der Waals surface area contributed by atoms with Gasteiger partial charge in [0, 0.05) is 8.59 Å². The van der Waals surface area contributed by atoms with Crippen LogP contribution in [0.25, 0.3) is 0 Å². The second-order valence-electron chi connectivity index (χ2n) is 6.53. The Morgan fingerprint density at radius 1 is 0.900 bits per heavy atom. The van der Waals surface area contributed by atoms with Crippen LogP contribution in [0.15, 0.2) is 66.7 Å². The average Bonchev–Trinajstić information content (AvgIpc) is 2.97. The molecule has 3 aromatic carbocycles. The van der Waals surface area contributed by atoms with Crippen molar-refractivity contribution in [2.45, 2.75) is 0 Å². The molecule has 1 aliphatic heterocycles. The van der Waals surface area contributed by atoms with Gasteiger partial charge in [-0.3, -0.25) is 24.2 Å². The van der Waals surface area contributed by atoms with Gasteiger partial charge < -0.3 is 0 Å². The predicted molar refractivity (Wildman–Crippen MR) is 124 cm³/mol. The molecule has 0 radical (unpaired) electrons. The number of nitrogens with zero attached hydrogens (tertiary/aromatic N) is 2. The molecule has 1 heterocycles. The molecular weight excluding hydrogens is 538 g/mol. The molecule has 0 N–H and O–H groups in total. The zero-order valence-corrected chi connectivity index (χ0v) is 19.0. The number of amides is 3. The molecule has 30 heavy (non-hydrogen) atoms. The molecule has 0 bridgehead atoms. The fraction of sp³-hybridized carbons (Fsp3) is 0.0455. The monoisotopic (exact) mass is 550 g/mol. The topological polar surface area (TPSA) is 57.7 Å². The third-order valence-electron chi connectivity index (χ3n) is 4.71. The highest BCUT2D eigenvalue weighted by molar-refractivity contribution is 14.1. The van der Waals surface area contributed by atoms with E-state index >= 15 is 0 Å². The predicted octanol–water partition coefficient (Wildman–Crippen LogP) is 5.50. The van der Waals surface area contributed by atoms with Crippen LogP contribution in [0.3, 0.4) is 0 Å². The third-order valence-corrected chi connectivity index (χ3v) is 6.17. The summed E-state index contributed by atoms with van der Waals surface area (Å²) in [7, 11) is 0. The molecule has 1 aliphatic rings. The molecule has 3 amide bonds. The Hall–Kier alpha value is -2.42. The van der Waals surface area contributed by atoms with E-state index in [1.54, 1.807) is 42.5 Å². The van der Waals surface area contributed by atoms with Crippen molar-refractivity contribution >= 4 is 69.2 Å². The summed E-state index contributed by atoms with van der Waals surface area (Å²) in [4.78, 5) is 41.6. The van der Waals surface area contributed by atoms with Crippen LogP contribution in [0.4, 0.5) is 5.69 Å². The molecule has 0 aromatic heterocycles. The Labute approximate surface area is 196 Å². The second kappa shape index (κ2) is 8.37. The van der Waals surface area contributed by atoms with Crippen LogP contribution < -0.4 is 4.90 Å². The lowest BCUT2D eigenvalue weighted by Gasteiger charge is -2.28. The molecule has 3 aromatic rings. The average molecular weight is 551 g/mol. The number of halogens is 3. The first kappa shape index (κ1) is 20.8. The molecule has 0 fully saturated rings. The summed E-state index contributed by atoms with van der Waals surface area (Å²) < 4.78 is 0.783. The molecule has 4 rings (SSSR count). The van der Waals surface area contributed by atoms with Crippen molar-refractivity contribution in [3.8, 4) is 0 Å². The minimum Gasteiger partial charge on any atom is -0.288 e. The maximum Gasteiger partial charge on any atom is 0.263 e. The highest BCUT2D eigenvalue weighted by Crippen LogP contribution is 2.30. The summed E-state index contributed by atoms with van der Waals surface area (Å²) in [6.45, 7) is -0.246. The number of carbonyl (C=O) groups excluding carboxylic acids is 3. The van der Waals surface area contributed by atoms with Crippen molar-refractivity contribution in [2.24, 2.45) is 0 Å². The van der Waals surface area contributed by atoms with Gasteiger partial charge in [0.25, 0.3) is 17.7 Å². The van der Waals surface area contributed by atoms with Gasteiger partial charge in [-0.1, -0.05) is 47.5 Å². The first-order valence-electron chi connectivity index (χ1n) is 8.85. The maximum absolute atomic E-state index is 13.4. The molecule has 0 atom stereocenters. The lowest BCUT2D eigenvalue weighted by atomic mass is 10.1. The van der Waals surface area contributed by atoms with Crippen molar-refractivity contribution in [2.75, 3.05) is 11.6 Å². The Balaban J connectivity index is 1.76. The van der Waals surface area contributed by atoms with Crippen LogP contribution in [-0.4, -0.2) is 29.3 Å². The first-order chi connectivity index (χ1) is 14.4. The van der Waals surface area contributed by atoms with Crippen LogP contribution in [0, 0.1) is 3.57 Å². The van der Waals surface area contributed by atoms with Crippen molar-refractivity contribution in [1.82, 2.24) is 4.90 Å².